The summed E-state index contributed by atoms with van der Waals surface area (Å²) >= 11 is 4.87. The van der Waals surface area contributed by atoms with Crippen molar-refractivity contribution in [3.05, 3.63) is 12.2 Å². The summed E-state index contributed by atoms with van der Waals surface area (Å²) in [6.45, 7) is 9.33. The maximum atomic E-state index is 12.6. The van der Waals surface area contributed by atoms with E-state index in [-0.39, 0.29) is 26.1 Å². The van der Waals surface area contributed by atoms with Crippen LogP contribution in [0, 0.1) is 17.8 Å². The van der Waals surface area contributed by atoms with Gasteiger partial charge < -0.3 is 24.4 Å². The quantitative estimate of drug-likeness (QED) is 0.0745. The number of rotatable bonds is 20. The Hall–Kier alpha value is -1.97. The van der Waals surface area contributed by atoms with Crippen LogP contribution in [0.25, 0.3) is 0 Å². The maximum Gasteiger partial charge on any atom is 0.308 e. The van der Waals surface area contributed by atoms with Gasteiger partial charge in [0.15, 0.2) is 0 Å². The molecule has 0 radical (unpaired) electrons. The lowest BCUT2D eigenvalue weighted by atomic mass is 9.83. The molecule has 10 heteroatoms. The molecule has 0 saturated carbocycles. The van der Waals surface area contributed by atoms with Crippen LogP contribution in [-0.2, 0) is 33.4 Å². The van der Waals surface area contributed by atoms with E-state index >= 15 is 0 Å². The summed E-state index contributed by atoms with van der Waals surface area (Å²) in [5, 5.41) is 17.9. The molecule has 0 bridgehead atoms. The molecular weight excluding hydrogens is 504 g/mol. The van der Waals surface area contributed by atoms with Crippen LogP contribution >= 0.6 is 11.6 Å². The Labute approximate surface area is 226 Å². The van der Waals surface area contributed by atoms with Gasteiger partial charge in [-0.25, -0.2) is 0 Å². The summed E-state index contributed by atoms with van der Waals surface area (Å²) in [7, 11) is 1.28. The molecule has 9 nitrogen and oxygen atoms in total. The van der Waals surface area contributed by atoms with Crippen LogP contribution in [0.2, 0.25) is 0 Å². The minimum Gasteiger partial charge on any atom is -0.469 e. The molecule has 0 saturated heterocycles. The summed E-state index contributed by atoms with van der Waals surface area (Å²) < 4.78 is 15.6. The number of carbonyl (C=O) groups excluding carboxylic acids is 4. The summed E-state index contributed by atoms with van der Waals surface area (Å²) in [5.74, 6) is -3.10. The fourth-order valence-corrected chi connectivity index (χ4v) is 3.35. The van der Waals surface area contributed by atoms with Crippen molar-refractivity contribution in [3.63, 3.8) is 0 Å². The van der Waals surface area contributed by atoms with E-state index < -0.39 is 40.9 Å². The van der Waals surface area contributed by atoms with Crippen molar-refractivity contribution in [1.29, 1.82) is 0 Å². The highest BCUT2D eigenvalue weighted by Crippen LogP contribution is 2.28. The van der Waals surface area contributed by atoms with Crippen LogP contribution in [0.1, 0.15) is 85.0 Å². The number of unbranched alkanes of at least 4 members (excludes halogenated alkanes) is 2. The average Bonchev–Trinajstić information content (AvgIpc) is 2.87. The smallest absolute Gasteiger partial charge is 0.308 e. The Morgan fingerprint density at radius 2 is 1.14 bits per heavy atom. The summed E-state index contributed by atoms with van der Waals surface area (Å²) in [4.78, 5) is 47.4. The van der Waals surface area contributed by atoms with Crippen LogP contribution in [0.4, 0.5) is 0 Å². The third-order valence-corrected chi connectivity index (χ3v) is 5.90. The largest absolute Gasteiger partial charge is 0.469 e. The highest BCUT2D eigenvalue weighted by Gasteiger charge is 2.33. The van der Waals surface area contributed by atoms with Gasteiger partial charge in [0.05, 0.1) is 38.1 Å². The lowest BCUT2D eigenvalue weighted by molar-refractivity contribution is -0.154. The molecule has 0 aromatic rings. The number of aliphatic hydroxyl groups is 2. The number of methoxy groups -OCH3 is 1. The molecule has 0 spiro atoms. The third kappa shape index (κ3) is 19.8. The Kier molecular flexibility index (Phi) is 24.5. The van der Waals surface area contributed by atoms with Crippen molar-refractivity contribution in [2.45, 2.75) is 85.0 Å². The monoisotopic (exact) mass is 550 g/mol. The lowest BCUT2D eigenvalue weighted by Gasteiger charge is -2.24. The van der Waals surface area contributed by atoms with Crippen molar-refractivity contribution < 1.29 is 43.6 Å². The van der Waals surface area contributed by atoms with E-state index in [1.165, 1.54) is 7.11 Å². The molecule has 216 valence electrons. The van der Waals surface area contributed by atoms with E-state index in [9.17, 15) is 29.4 Å². The molecule has 0 fully saturated rings. The van der Waals surface area contributed by atoms with Gasteiger partial charge in [0, 0.05) is 18.8 Å². The molecular formula is C27H47ClO9. The number of allylic oxidation sites excluding steroid dienone is 1. The molecule has 2 N–H and O–H groups in total. The predicted octanol–water partition coefficient (Wildman–Crippen LogP) is 4.35. The zero-order chi connectivity index (χ0) is 28.6. The molecule has 0 aliphatic rings. The van der Waals surface area contributed by atoms with E-state index in [1.807, 2.05) is 13.8 Å². The van der Waals surface area contributed by atoms with Crippen LogP contribution in [-0.4, -0.2) is 66.9 Å². The Morgan fingerprint density at radius 1 is 0.757 bits per heavy atom. The zero-order valence-electron chi connectivity index (χ0n) is 23.0. The van der Waals surface area contributed by atoms with Crippen molar-refractivity contribution in [1.82, 2.24) is 0 Å². The number of ether oxygens (including phenoxy) is 3. The first kappa shape index (κ1) is 37.2. The van der Waals surface area contributed by atoms with Crippen molar-refractivity contribution in [2.75, 3.05) is 33.5 Å². The minimum atomic E-state index is -0.685. The first-order valence-electron chi connectivity index (χ1n) is 13.1. The van der Waals surface area contributed by atoms with Gasteiger partial charge in [0.2, 0.25) is 5.24 Å². The molecule has 2 unspecified atom stereocenters. The van der Waals surface area contributed by atoms with Gasteiger partial charge in [0.25, 0.3) is 0 Å². The van der Waals surface area contributed by atoms with Crippen LogP contribution < -0.4 is 0 Å². The van der Waals surface area contributed by atoms with E-state index in [1.54, 1.807) is 6.92 Å². The van der Waals surface area contributed by atoms with Crippen LogP contribution in [0.15, 0.2) is 12.2 Å². The second kappa shape index (κ2) is 24.4. The van der Waals surface area contributed by atoms with Gasteiger partial charge in [-0.05, 0) is 69.9 Å². The zero-order valence-corrected chi connectivity index (χ0v) is 23.7. The standard InChI is InChI=1S/C23H42O8.C4H5ClO/c1-4-6-14-30-22(27)18(10-8-12-24)16-20(21(26)29-3)17-19(11-9-13-25)23(28)31-15-7-5-2;1-3(2)4(5)6/h18-20,24-25H,4-17H2,1-3H3;1H2,2H3. The highest BCUT2D eigenvalue weighted by molar-refractivity contribution is 6.67. The lowest BCUT2D eigenvalue weighted by Crippen LogP contribution is -2.30. The number of carbonyl (C=O) groups is 4. The highest BCUT2D eigenvalue weighted by atomic mass is 35.5. The van der Waals surface area contributed by atoms with Crippen molar-refractivity contribution >= 4 is 34.8 Å². The summed E-state index contributed by atoms with van der Waals surface area (Å²) in [6.07, 6.45) is 5.25. The molecule has 0 aliphatic carbocycles. The molecule has 2 atom stereocenters. The van der Waals surface area contributed by atoms with Gasteiger partial charge in [0.1, 0.15) is 0 Å². The number of aliphatic hydroxyl groups excluding tert-OH is 2. The Morgan fingerprint density at radius 3 is 1.41 bits per heavy atom. The average molecular weight is 551 g/mol. The second-order valence-electron chi connectivity index (χ2n) is 8.91. The molecule has 0 aromatic carbocycles. The fraction of sp³-hybridized carbons (Fsp3) is 0.778. The molecule has 0 rings (SSSR count). The number of esters is 3. The fourth-order valence-electron chi connectivity index (χ4n) is 3.35. The molecule has 0 heterocycles. The van der Waals surface area contributed by atoms with E-state index in [0.717, 1.165) is 25.7 Å². The number of hydrogen-bond donors (Lipinski definition) is 2. The van der Waals surface area contributed by atoms with E-state index in [4.69, 9.17) is 25.8 Å². The first-order chi connectivity index (χ1) is 17.6. The Bertz CT molecular complexity index is 618. The third-order valence-electron chi connectivity index (χ3n) is 5.58. The molecule has 0 aliphatic heterocycles. The molecule has 37 heavy (non-hydrogen) atoms. The van der Waals surface area contributed by atoms with E-state index in [0.29, 0.717) is 44.5 Å². The van der Waals surface area contributed by atoms with Gasteiger partial charge in [-0.15, -0.1) is 0 Å². The summed E-state index contributed by atoms with van der Waals surface area (Å²) in [5.41, 5.74) is 0.386. The first-order valence-corrected chi connectivity index (χ1v) is 13.4. The summed E-state index contributed by atoms with van der Waals surface area (Å²) in [6, 6.07) is 0. The van der Waals surface area contributed by atoms with Gasteiger partial charge in [-0.1, -0.05) is 33.3 Å². The minimum absolute atomic E-state index is 0.0650. The predicted molar refractivity (Wildman–Crippen MR) is 142 cm³/mol. The number of hydrogen-bond acceptors (Lipinski definition) is 9. The van der Waals surface area contributed by atoms with Gasteiger partial charge in [-0.3, -0.25) is 19.2 Å². The maximum absolute atomic E-state index is 12.6. The van der Waals surface area contributed by atoms with Gasteiger partial charge in [-0.2, -0.15) is 0 Å². The molecule has 0 aromatic heterocycles. The van der Waals surface area contributed by atoms with Crippen LogP contribution in [0.5, 0.6) is 0 Å². The number of halogens is 1. The normalized spacial score (nSPS) is 12.8. The molecule has 0 amide bonds. The topological polar surface area (TPSA) is 136 Å². The van der Waals surface area contributed by atoms with Crippen molar-refractivity contribution in [3.8, 4) is 0 Å². The van der Waals surface area contributed by atoms with Gasteiger partial charge >= 0.3 is 17.9 Å². The van der Waals surface area contributed by atoms with Crippen LogP contribution in [0.3, 0.4) is 0 Å². The SMILES string of the molecule is C=C(C)C(=O)Cl.CCCCOC(=O)C(CCCO)CC(CC(CCCO)C(=O)OCCCC)C(=O)OC. The Balaban J connectivity index is 0. The van der Waals surface area contributed by atoms with E-state index in [2.05, 4.69) is 6.58 Å². The second-order valence-corrected chi connectivity index (χ2v) is 9.26. The van der Waals surface area contributed by atoms with Crippen molar-refractivity contribution in [2.24, 2.45) is 17.8 Å².